The summed E-state index contributed by atoms with van der Waals surface area (Å²) in [4.78, 5) is 22.1. The zero-order valence-electron chi connectivity index (χ0n) is 11.1. The molecule has 0 radical (unpaired) electrons. The predicted octanol–water partition coefficient (Wildman–Crippen LogP) is 1.64. The van der Waals surface area contributed by atoms with Crippen molar-refractivity contribution in [2.45, 2.75) is 6.61 Å². The fraction of sp³-hybridized carbons (Fsp3) is 0.0667. The number of aromatic carboxylic acids is 1. The number of hydrogen-bond acceptors (Lipinski definition) is 4. The van der Waals surface area contributed by atoms with Crippen molar-refractivity contribution in [2.24, 2.45) is 5.73 Å². The van der Waals surface area contributed by atoms with Crippen molar-refractivity contribution in [1.29, 1.82) is 0 Å². The highest BCUT2D eigenvalue weighted by Gasteiger charge is 2.10. The summed E-state index contributed by atoms with van der Waals surface area (Å²) in [6.45, 7) is 0.130. The molecule has 0 aliphatic rings. The monoisotopic (exact) mass is 286 g/mol. The van der Waals surface area contributed by atoms with Crippen LogP contribution < -0.4 is 16.2 Å². The summed E-state index contributed by atoms with van der Waals surface area (Å²) in [5.41, 5.74) is 12.1. The number of rotatable bonds is 5. The maximum Gasteiger partial charge on any atom is 0.337 e. The standard InChI is InChI=1S/C15H14N2O4/c16-13-7-10(5-6-12(13)15(19)20)21-8-9-3-1-2-4-11(9)14(17)18/h1-7H,8,16H2,(H2,17,18)(H,19,20). The van der Waals surface area contributed by atoms with E-state index in [4.69, 9.17) is 21.3 Å². The number of carbonyl (C=O) groups is 2. The first-order valence-corrected chi connectivity index (χ1v) is 6.12. The van der Waals surface area contributed by atoms with Gasteiger partial charge in [0, 0.05) is 22.9 Å². The number of nitrogens with two attached hydrogens (primary N) is 2. The minimum absolute atomic E-state index is 0.0138. The average Bonchev–Trinajstić information content (AvgIpc) is 2.45. The zero-order chi connectivity index (χ0) is 15.4. The lowest BCUT2D eigenvalue weighted by molar-refractivity contribution is 0.0697. The molecule has 0 fully saturated rings. The Kier molecular flexibility index (Phi) is 4.08. The van der Waals surface area contributed by atoms with Crippen molar-refractivity contribution >= 4 is 17.6 Å². The number of carboxylic acids is 1. The van der Waals surface area contributed by atoms with Crippen molar-refractivity contribution in [2.75, 3.05) is 5.73 Å². The van der Waals surface area contributed by atoms with Gasteiger partial charge in [-0.25, -0.2) is 4.79 Å². The van der Waals surface area contributed by atoms with Gasteiger partial charge in [0.25, 0.3) is 0 Å². The van der Waals surface area contributed by atoms with E-state index in [1.807, 2.05) is 0 Å². The molecular formula is C15H14N2O4. The summed E-state index contributed by atoms with van der Waals surface area (Å²) < 4.78 is 5.52. The molecule has 0 saturated carbocycles. The van der Waals surface area contributed by atoms with E-state index < -0.39 is 11.9 Å². The molecule has 21 heavy (non-hydrogen) atoms. The van der Waals surface area contributed by atoms with Crippen LogP contribution in [0.25, 0.3) is 0 Å². The number of primary amides is 1. The van der Waals surface area contributed by atoms with E-state index in [1.54, 1.807) is 24.3 Å². The largest absolute Gasteiger partial charge is 0.489 e. The molecule has 2 aromatic carbocycles. The van der Waals surface area contributed by atoms with Crippen LogP contribution >= 0.6 is 0 Å². The van der Waals surface area contributed by atoms with E-state index in [9.17, 15) is 9.59 Å². The van der Waals surface area contributed by atoms with Gasteiger partial charge in [0.15, 0.2) is 0 Å². The van der Waals surface area contributed by atoms with Gasteiger partial charge in [-0.3, -0.25) is 4.79 Å². The minimum Gasteiger partial charge on any atom is -0.489 e. The Morgan fingerprint density at radius 3 is 2.43 bits per heavy atom. The van der Waals surface area contributed by atoms with Crippen LogP contribution in [0.5, 0.6) is 5.75 Å². The average molecular weight is 286 g/mol. The molecule has 0 unspecified atom stereocenters. The van der Waals surface area contributed by atoms with Gasteiger partial charge in [0.05, 0.1) is 5.56 Å². The van der Waals surface area contributed by atoms with E-state index in [2.05, 4.69) is 0 Å². The quantitative estimate of drug-likeness (QED) is 0.723. The highest BCUT2D eigenvalue weighted by atomic mass is 16.5. The molecule has 0 bridgehead atoms. The molecule has 0 spiro atoms. The summed E-state index contributed by atoms with van der Waals surface area (Å²) in [6.07, 6.45) is 0. The Morgan fingerprint density at radius 1 is 1.10 bits per heavy atom. The van der Waals surface area contributed by atoms with Crippen LogP contribution in [0.4, 0.5) is 5.69 Å². The molecule has 0 atom stereocenters. The van der Waals surface area contributed by atoms with Crippen molar-refractivity contribution in [1.82, 2.24) is 0 Å². The van der Waals surface area contributed by atoms with Gasteiger partial charge in [-0.1, -0.05) is 18.2 Å². The second kappa shape index (κ2) is 5.96. The first kappa shape index (κ1) is 14.4. The molecule has 2 aromatic rings. The van der Waals surface area contributed by atoms with Crippen LogP contribution in [-0.4, -0.2) is 17.0 Å². The van der Waals surface area contributed by atoms with Crippen LogP contribution in [-0.2, 0) is 6.61 Å². The number of ether oxygens (including phenoxy) is 1. The normalized spacial score (nSPS) is 10.1. The Labute approximate surface area is 120 Å². The topological polar surface area (TPSA) is 116 Å². The lowest BCUT2D eigenvalue weighted by Gasteiger charge is -2.10. The predicted molar refractivity (Wildman–Crippen MR) is 77.1 cm³/mol. The molecule has 0 heterocycles. The van der Waals surface area contributed by atoms with Gasteiger partial charge in [-0.05, 0) is 18.2 Å². The molecule has 108 valence electrons. The highest BCUT2D eigenvalue weighted by Crippen LogP contribution is 2.21. The van der Waals surface area contributed by atoms with Crippen LogP contribution in [0.1, 0.15) is 26.3 Å². The lowest BCUT2D eigenvalue weighted by atomic mass is 10.1. The molecule has 0 saturated heterocycles. The maximum absolute atomic E-state index is 11.3. The van der Waals surface area contributed by atoms with Crippen molar-refractivity contribution in [3.8, 4) is 5.75 Å². The second-order valence-electron chi connectivity index (χ2n) is 4.36. The van der Waals surface area contributed by atoms with E-state index in [0.717, 1.165) is 0 Å². The molecule has 0 aliphatic carbocycles. The summed E-state index contributed by atoms with van der Waals surface area (Å²) in [6, 6.07) is 11.1. The maximum atomic E-state index is 11.3. The second-order valence-corrected chi connectivity index (χ2v) is 4.36. The molecular weight excluding hydrogens is 272 g/mol. The lowest BCUT2D eigenvalue weighted by Crippen LogP contribution is -2.14. The SMILES string of the molecule is NC(=O)c1ccccc1COc1ccc(C(=O)O)c(N)c1. The van der Waals surface area contributed by atoms with Crippen LogP contribution in [0.2, 0.25) is 0 Å². The highest BCUT2D eigenvalue weighted by molar-refractivity contribution is 5.94. The van der Waals surface area contributed by atoms with Gasteiger partial charge in [0.1, 0.15) is 12.4 Å². The molecule has 6 nitrogen and oxygen atoms in total. The van der Waals surface area contributed by atoms with Gasteiger partial charge in [-0.15, -0.1) is 0 Å². The summed E-state index contributed by atoms with van der Waals surface area (Å²) in [7, 11) is 0. The molecule has 6 heteroatoms. The van der Waals surface area contributed by atoms with E-state index >= 15 is 0 Å². The summed E-state index contributed by atoms with van der Waals surface area (Å²) >= 11 is 0. The van der Waals surface area contributed by atoms with Gasteiger partial charge < -0.3 is 21.3 Å². The van der Waals surface area contributed by atoms with E-state index in [1.165, 1.54) is 18.2 Å². The fourth-order valence-electron chi connectivity index (χ4n) is 1.87. The first-order chi connectivity index (χ1) is 9.99. The molecule has 1 amide bonds. The smallest absolute Gasteiger partial charge is 0.337 e. The van der Waals surface area contributed by atoms with E-state index in [0.29, 0.717) is 16.9 Å². The van der Waals surface area contributed by atoms with Crippen molar-refractivity contribution in [3.05, 3.63) is 59.2 Å². The molecule has 0 aromatic heterocycles. The fourth-order valence-corrected chi connectivity index (χ4v) is 1.87. The number of anilines is 1. The summed E-state index contributed by atoms with van der Waals surface area (Å²) in [5, 5.41) is 8.89. The van der Waals surface area contributed by atoms with Gasteiger partial charge in [0.2, 0.25) is 5.91 Å². The number of benzene rings is 2. The van der Waals surface area contributed by atoms with Crippen molar-refractivity contribution in [3.63, 3.8) is 0 Å². The van der Waals surface area contributed by atoms with Crippen molar-refractivity contribution < 1.29 is 19.4 Å². The first-order valence-electron chi connectivity index (χ1n) is 6.12. The summed E-state index contributed by atoms with van der Waals surface area (Å²) in [5.74, 6) is -1.22. The number of carboxylic acid groups (broad SMARTS) is 1. The third-order valence-electron chi connectivity index (χ3n) is 2.93. The van der Waals surface area contributed by atoms with Crippen LogP contribution in [0.3, 0.4) is 0 Å². The third kappa shape index (κ3) is 3.30. The Balaban J connectivity index is 2.16. The van der Waals surface area contributed by atoms with Crippen LogP contribution in [0, 0.1) is 0 Å². The van der Waals surface area contributed by atoms with Gasteiger partial charge in [-0.2, -0.15) is 0 Å². The minimum atomic E-state index is -1.10. The number of hydrogen-bond donors (Lipinski definition) is 3. The third-order valence-corrected chi connectivity index (χ3v) is 2.93. The zero-order valence-corrected chi connectivity index (χ0v) is 11.1. The number of carbonyl (C=O) groups excluding carboxylic acids is 1. The molecule has 2 rings (SSSR count). The molecule has 5 N–H and O–H groups in total. The Hall–Kier alpha value is -3.02. The van der Waals surface area contributed by atoms with Gasteiger partial charge >= 0.3 is 5.97 Å². The van der Waals surface area contributed by atoms with E-state index in [-0.39, 0.29) is 17.9 Å². The Morgan fingerprint density at radius 2 is 1.81 bits per heavy atom. The molecule has 0 aliphatic heterocycles. The number of amides is 1. The Bertz CT molecular complexity index is 698. The number of nitrogen functional groups attached to an aromatic ring is 1. The van der Waals surface area contributed by atoms with Crippen LogP contribution in [0.15, 0.2) is 42.5 Å².